The molecule has 2 N–H and O–H groups in total. The predicted molar refractivity (Wildman–Crippen MR) is 67.1 cm³/mol. The van der Waals surface area contributed by atoms with Crippen LogP contribution in [0.5, 0.6) is 0 Å². The fourth-order valence-electron chi connectivity index (χ4n) is 1.93. The molecule has 1 aromatic heterocycles. The number of nitrogens with one attached hydrogen (secondary N) is 1. The van der Waals surface area contributed by atoms with Crippen molar-refractivity contribution in [2.45, 2.75) is 13.3 Å². The molecule has 0 aromatic carbocycles. The number of rotatable bonds is 4. The number of hydrogen-bond donors (Lipinski definition) is 2. The van der Waals surface area contributed by atoms with Gasteiger partial charge in [0.05, 0.1) is 6.61 Å². The fourth-order valence-corrected chi connectivity index (χ4v) is 1.93. The molecule has 1 aliphatic heterocycles. The van der Waals surface area contributed by atoms with Gasteiger partial charge in [-0.3, -0.25) is 4.79 Å². The molecule has 0 radical (unpaired) electrons. The summed E-state index contributed by atoms with van der Waals surface area (Å²) in [5, 5.41) is 11.6. The zero-order valence-electron chi connectivity index (χ0n) is 10.7. The van der Waals surface area contributed by atoms with Gasteiger partial charge in [-0.05, 0) is 18.6 Å². The summed E-state index contributed by atoms with van der Waals surface area (Å²) in [7, 11) is 0. The maximum atomic E-state index is 11.9. The van der Waals surface area contributed by atoms with Gasteiger partial charge in [-0.1, -0.05) is 6.92 Å². The van der Waals surface area contributed by atoms with Crippen LogP contribution in [0.4, 0.5) is 0 Å². The fraction of sp³-hybridized carbons (Fsp3) is 0.462. The van der Waals surface area contributed by atoms with Crippen LogP contribution < -0.4 is 5.32 Å². The van der Waals surface area contributed by atoms with Crippen LogP contribution in [0.2, 0.25) is 0 Å². The minimum absolute atomic E-state index is 0.0433. The third-order valence-electron chi connectivity index (χ3n) is 3.22. The quantitative estimate of drug-likeness (QED) is 0.844. The number of carbonyl (C=O) groups is 2. The Labute approximate surface area is 110 Å². The van der Waals surface area contributed by atoms with Crippen molar-refractivity contribution in [3.05, 3.63) is 29.6 Å². The van der Waals surface area contributed by atoms with E-state index < -0.39 is 5.97 Å². The molecule has 1 unspecified atom stereocenters. The third-order valence-corrected chi connectivity index (χ3v) is 3.22. The molecule has 1 aromatic rings. The molecule has 6 nitrogen and oxygen atoms in total. The van der Waals surface area contributed by atoms with E-state index in [1.165, 1.54) is 18.3 Å². The summed E-state index contributed by atoms with van der Waals surface area (Å²) < 4.78 is 5.31. The van der Waals surface area contributed by atoms with E-state index in [0.717, 1.165) is 6.42 Å². The minimum atomic E-state index is -1.15. The highest BCUT2D eigenvalue weighted by molar-refractivity contribution is 5.96. The van der Waals surface area contributed by atoms with Gasteiger partial charge in [0.2, 0.25) is 0 Å². The lowest BCUT2D eigenvalue weighted by molar-refractivity contribution is 0.0690. The number of ether oxygens (including phenoxy) is 1. The molecule has 1 fully saturated rings. The number of nitrogens with zero attached hydrogens (tertiary/aromatic N) is 1. The Bertz CT molecular complexity index is 495. The SMILES string of the molecule is CC1(CNC(=O)c2ccnc(C(=O)O)c2)CCOC1. The minimum Gasteiger partial charge on any atom is -0.477 e. The lowest BCUT2D eigenvalue weighted by atomic mass is 9.90. The van der Waals surface area contributed by atoms with Gasteiger partial charge < -0.3 is 15.2 Å². The van der Waals surface area contributed by atoms with Crippen molar-refractivity contribution in [3.8, 4) is 0 Å². The highest BCUT2D eigenvalue weighted by Crippen LogP contribution is 2.26. The van der Waals surface area contributed by atoms with Crippen molar-refractivity contribution in [1.29, 1.82) is 0 Å². The second kappa shape index (κ2) is 5.36. The van der Waals surface area contributed by atoms with E-state index in [9.17, 15) is 9.59 Å². The maximum Gasteiger partial charge on any atom is 0.354 e. The molecule has 0 aliphatic carbocycles. The first kappa shape index (κ1) is 13.5. The van der Waals surface area contributed by atoms with Gasteiger partial charge in [0.15, 0.2) is 0 Å². The molecular weight excluding hydrogens is 248 g/mol. The van der Waals surface area contributed by atoms with Crippen LogP contribution in [-0.2, 0) is 4.74 Å². The number of carbonyl (C=O) groups excluding carboxylic acids is 1. The number of aromatic carboxylic acids is 1. The number of carboxylic acids is 1. The lowest BCUT2D eigenvalue weighted by Crippen LogP contribution is -2.36. The molecule has 1 atom stereocenters. The molecule has 1 aliphatic rings. The van der Waals surface area contributed by atoms with E-state index >= 15 is 0 Å². The Hall–Kier alpha value is -1.95. The summed E-state index contributed by atoms with van der Waals surface area (Å²) in [6, 6.07) is 2.76. The molecule has 2 heterocycles. The third kappa shape index (κ3) is 3.29. The molecular formula is C13H16N2O4. The first-order valence-electron chi connectivity index (χ1n) is 6.05. The molecule has 1 saturated heterocycles. The standard InChI is InChI=1S/C13H16N2O4/c1-13(3-5-19-8-13)7-15-11(16)9-2-4-14-10(6-9)12(17)18/h2,4,6H,3,5,7-8H2,1H3,(H,15,16)(H,17,18). The first-order valence-corrected chi connectivity index (χ1v) is 6.05. The number of pyridine rings is 1. The number of hydrogen-bond acceptors (Lipinski definition) is 4. The molecule has 6 heteroatoms. The largest absolute Gasteiger partial charge is 0.477 e. The highest BCUT2D eigenvalue weighted by atomic mass is 16.5. The summed E-state index contributed by atoms with van der Waals surface area (Å²) in [6.07, 6.45) is 2.22. The Morgan fingerprint density at radius 2 is 2.37 bits per heavy atom. The summed E-state index contributed by atoms with van der Waals surface area (Å²) in [5.41, 5.74) is 0.121. The Kier molecular flexibility index (Phi) is 3.80. The normalized spacial score (nSPS) is 22.2. The van der Waals surface area contributed by atoms with Crippen molar-refractivity contribution >= 4 is 11.9 Å². The topological polar surface area (TPSA) is 88.5 Å². The van der Waals surface area contributed by atoms with Gasteiger partial charge >= 0.3 is 5.97 Å². The Balaban J connectivity index is 1.99. The van der Waals surface area contributed by atoms with Crippen LogP contribution in [0, 0.1) is 5.41 Å². The van der Waals surface area contributed by atoms with Gasteiger partial charge in [-0.25, -0.2) is 9.78 Å². The summed E-state index contributed by atoms with van der Waals surface area (Å²) in [6.45, 7) is 3.90. The smallest absolute Gasteiger partial charge is 0.354 e. The molecule has 2 rings (SSSR count). The van der Waals surface area contributed by atoms with Crippen LogP contribution in [0.15, 0.2) is 18.3 Å². The van der Waals surface area contributed by atoms with Crippen LogP contribution in [-0.4, -0.2) is 41.7 Å². The monoisotopic (exact) mass is 264 g/mol. The summed E-state index contributed by atoms with van der Waals surface area (Å²) in [4.78, 5) is 26.4. The second-order valence-corrected chi connectivity index (χ2v) is 5.03. The van der Waals surface area contributed by atoms with Crippen LogP contribution in [0.25, 0.3) is 0 Å². The Morgan fingerprint density at radius 3 is 3.00 bits per heavy atom. The van der Waals surface area contributed by atoms with E-state index in [0.29, 0.717) is 25.3 Å². The predicted octanol–water partition coefficient (Wildman–Crippen LogP) is 0.936. The van der Waals surface area contributed by atoms with Crippen LogP contribution >= 0.6 is 0 Å². The van der Waals surface area contributed by atoms with Gasteiger partial charge in [-0.15, -0.1) is 0 Å². The van der Waals surface area contributed by atoms with Crippen LogP contribution in [0.1, 0.15) is 34.2 Å². The van der Waals surface area contributed by atoms with Gasteiger partial charge in [0, 0.05) is 30.3 Å². The molecule has 19 heavy (non-hydrogen) atoms. The van der Waals surface area contributed by atoms with E-state index in [2.05, 4.69) is 17.2 Å². The van der Waals surface area contributed by atoms with E-state index in [-0.39, 0.29) is 17.0 Å². The number of carboxylic acid groups (broad SMARTS) is 1. The van der Waals surface area contributed by atoms with Crippen molar-refractivity contribution in [2.24, 2.45) is 5.41 Å². The maximum absolute atomic E-state index is 11.9. The first-order chi connectivity index (χ1) is 9.00. The molecule has 102 valence electrons. The number of aromatic nitrogens is 1. The Morgan fingerprint density at radius 1 is 1.58 bits per heavy atom. The lowest BCUT2D eigenvalue weighted by Gasteiger charge is -2.21. The average molecular weight is 264 g/mol. The average Bonchev–Trinajstić information content (AvgIpc) is 2.83. The van der Waals surface area contributed by atoms with Gasteiger partial charge in [0.25, 0.3) is 5.91 Å². The molecule has 0 spiro atoms. The zero-order chi connectivity index (χ0) is 13.9. The van der Waals surface area contributed by atoms with E-state index in [1.54, 1.807) is 0 Å². The van der Waals surface area contributed by atoms with Crippen LogP contribution in [0.3, 0.4) is 0 Å². The van der Waals surface area contributed by atoms with E-state index in [1.807, 2.05) is 0 Å². The second-order valence-electron chi connectivity index (χ2n) is 5.03. The molecule has 0 bridgehead atoms. The summed E-state index contributed by atoms with van der Waals surface area (Å²) in [5.74, 6) is -1.44. The van der Waals surface area contributed by atoms with Gasteiger partial charge in [0.1, 0.15) is 5.69 Å². The number of amides is 1. The van der Waals surface area contributed by atoms with Crippen molar-refractivity contribution in [2.75, 3.05) is 19.8 Å². The van der Waals surface area contributed by atoms with E-state index in [4.69, 9.17) is 9.84 Å². The highest BCUT2D eigenvalue weighted by Gasteiger charge is 2.30. The van der Waals surface area contributed by atoms with Gasteiger partial charge in [-0.2, -0.15) is 0 Å². The van der Waals surface area contributed by atoms with Crippen molar-refractivity contribution in [3.63, 3.8) is 0 Å². The summed E-state index contributed by atoms with van der Waals surface area (Å²) >= 11 is 0. The van der Waals surface area contributed by atoms with Crippen molar-refractivity contribution in [1.82, 2.24) is 10.3 Å². The van der Waals surface area contributed by atoms with Crippen molar-refractivity contribution < 1.29 is 19.4 Å². The molecule has 0 saturated carbocycles. The molecule has 1 amide bonds. The zero-order valence-corrected chi connectivity index (χ0v) is 10.7.